The first-order chi connectivity index (χ1) is 16.7. The van der Waals surface area contributed by atoms with Crippen LogP contribution in [0.3, 0.4) is 0 Å². The Balaban J connectivity index is 1.19. The lowest BCUT2D eigenvalue weighted by atomic mass is 10.2. The zero-order valence-electron chi connectivity index (χ0n) is 19.3. The standard InChI is InChI=1S/C26H29ClN6O/c1-2-31-12-14-32(15-13-31)16-17-34-24-9-6-22(7-10-24)29-26-28-19-23-8-11-25(33(23)30-26)20-4-3-5-21(27)18-20/h3-11,18-19H,2,12-17H2,1H3,(H,29,30). The maximum Gasteiger partial charge on any atom is 0.245 e. The summed E-state index contributed by atoms with van der Waals surface area (Å²) in [7, 11) is 0. The molecule has 1 aliphatic heterocycles. The summed E-state index contributed by atoms with van der Waals surface area (Å²) in [5.74, 6) is 1.38. The number of benzene rings is 2. The maximum absolute atomic E-state index is 6.18. The van der Waals surface area contributed by atoms with Gasteiger partial charge in [-0.25, -0.2) is 9.50 Å². The minimum Gasteiger partial charge on any atom is -0.492 e. The molecule has 1 fully saturated rings. The van der Waals surface area contributed by atoms with E-state index in [2.05, 4.69) is 32.1 Å². The van der Waals surface area contributed by atoms with Gasteiger partial charge in [-0.05, 0) is 55.1 Å². The van der Waals surface area contributed by atoms with Crippen molar-refractivity contribution in [3.8, 4) is 17.0 Å². The van der Waals surface area contributed by atoms with Gasteiger partial charge in [0, 0.05) is 49.0 Å². The molecule has 176 valence electrons. The van der Waals surface area contributed by atoms with Crippen molar-refractivity contribution in [3.63, 3.8) is 0 Å². The molecular weight excluding hydrogens is 448 g/mol. The van der Waals surface area contributed by atoms with Gasteiger partial charge < -0.3 is 15.0 Å². The summed E-state index contributed by atoms with van der Waals surface area (Å²) >= 11 is 6.18. The highest BCUT2D eigenvalue weighted by Crippen LogP contribution is 2.25. The van der Waals surface area contributed by atoms with Gasteiger partial charge in [0.15, 0.2) is 0 Å². The van der Waals surface area contributed by atoms with Crippen LogP contribution in [0.25, 0.3) is 16.8 Å². The van der Waals surface area contributed by atoms with E-state index in [1.165, 1.54) is 0 Å². The second kappa shape index (κ2) is 10.4. The summed E-state index contributed by atoms with van der Waals surface area (Å²) in [6, 6.07) is 19.7. The molecule has 0 saturated carbocycles. The Morgan fingerprint density at radius 1 is 0.971 bits per heavy atom. The van der Waals surface area contributed by atoms with E-state index in [9.17, 15) is 0 Å². The number of anilines is 2. The highest BCUT2D eigenvalue weighted by molar-refractivity contribution is 6.30. The number of nitrogens with one attached hydrogen (secondary N) is 1. The molecule has 1 aliphatic rings. The Kier molecular flexibility index (Phi) is 6.94. The van der Waals surface area contributed by atoms with Crippen molar-refractivity contribution in [2.75, 3.05) is 51.2 Å². The Morgan fingerprint density at radius 3 is 2.53 bits per heavy atom. The fourth-order valence-electron chi connectivity index (χ4n) is 4.21. The average molecular weight is 477 g/mol. The number of rotatable bonds is 8. The largest absolute Gasteiger partial charge is 0.492 e. The molecule has 0 unspecified atom stereocenters. The normalized spacial score (nSPS) is 15.0. The van der Waals surface area contributed by atoms with Gasteiger partial charge >= 0.3 is 0 Å². The molecule has 0 atom stereocenters. The van der Waals surface area contributed by atoms with E-state index in [-0.39, 0.29) is 0 Å². The van der Waals surface area contributed by atoms with Crippen LogP contribution in [0.5, 0.6) is 5.75 Å². The molecule has 5 rings (SSSR count). The molecule has 4 aromatic rings. The molecule has 1 saturated heterocycles. The third-order valence-electron chi connectivity index (χ3n) is 6.22. The first kappa shape index (κ1) is 22.7. The number of hydrogen-bond donors (Lipinski definition) is 1. The second-order valence-electron chi connectivity index (χ2n) is 8.42. The van der Waals surface area contributed by atoms with Crippen LogP contribution >= 0.6 is 11.6 Å². The number of ether oxygens (including phenoxy) is 1. The van der Waals surface area contributed by atoms with Crippen molar-refractivity contribution in [1.82, 2.24) is 24.4 Å². The van der Waals surface area contributed by atoms with Crippen molar-refractivity contribution in [3.05, 3.63) is 71.9 Å². The minimum atomic E-state index is 0.520. The number of halogens is 1. The zero-order valence-corrected chi connectivity index (χ0v) is 20.1. The molecule has 8 heteroatoms. The Hall–Kier alpha value is -3.13. The lowest BCUT2D eigenvalue weighted by Gasteiger charge is -2.33. The van der Waals surface area contributed by atoms with Gasteiger partial charge in [0.2, 0.25) is 5.95 Å². The lowest BCUT2D eigenvalue weighted by molar-refractivity contribution is 0.121. The van der Waals surface area contributed by atoms with Crippen LogP contribution in [0.15, 0.2) is 66.9 Å². The lowest BCUT2D eigenvalue weighted by Crippen LogP contribution is -2.47. The fraction of sp³-hybridized carbons (Fsp3) is 0.308. The molecular formula is C26H29ClN6O. The fourth-order valence-corrected chi connectivity index (χ4v) is 4.40. The Bertz CT molecular complexity index is 1230. The van der Waals surface area contributed by atoms with Gasteiger partial charge in [0.1, 0.15) is 12.4 Å². The number of fused-ring (bicyclic) bond motifs is 1. The van der Waals surface area contributed by atoms with Crippen LogP contribution in [0, 0.1) is 0 Å². The van der Waals surface area contributed by atoms with Gasteiger partial charge in [-0.15, -0.1) is 5.10 Å². The monoisotopic (exact) mass is 476 g/mol. The summed E-state index contributed by atoms with van der Waals surface area (Å²) in [6.07, 6.45) is 1.81. The SMILES string of the molecule is CCN1CCN(CCOc2ccc(Nc3ncc4ccc(-c5cccc(Cl)c5)n4n3)cc2)CC1. The number of piperazine rings is 1. The number of likely N-dealkylation sites (N-methyl/N-ethyl adjacent to an activating group) is 1. The number of nitrogens with zero attached hydrogens (tertiary/aromatic N) is 5. The van der Waals surface area contributed by atoms with Crippen molar-refractivity contribution in [1.29, 1.82) is 0 Å². The Labute approximate surface area is 204 Å². The third-order valence-corrected chi connectivity index (χ3v) is 6.45. The summed E-state index contributed by atoms with van der Waals surface area (Å²) in [6.45, 7) is 9.53. The molecule has 34 heavy (non-hydrogen) atoms. The van der Waals surface area contributed by atoms with Crippen molar-refractivity contribution in [2.24, 2.45) is 0 Å². The van der Waals surface area contributed by atoms with Crippen molar-refractivity contribution in [2.45, 2.75) is 6.92 Å². The van der Waals surface area contributed by atoms with Crippen LogP contribution in [0.2, 0.25) is 5.02 Å². The van der Waals surface area contributed by atoms with Gasteiger partial charge in [-0.1, -0.05) is 30.7 Å². The molecule has 2 aromatic carbocycles. The van der Waals surface area contributed by atoms with E-state index >= 15 is 0 Å². The average Bonchev–Trinajstić information content (AvgIpc) is 3.29. The van der Waals surface area contributed by atoms with Gasteiger partial charge in [-0.2, -0.15) is 0 Å². The molecule has 0 bridgehead atoms. The summed E-state index contributed by atoms with van der Waals surface area (Å²) < 4.78 is 7.83. The molecule has 0 aliphatic carbocycles. The molecule has 0 amide bonds. The van der Waals surface area contributed by atoms with Crippen molar-refractivity contribution < 1.29 is 4.74 Å². The molecule has 0 radical (unpaired) electrons. The van der Waals surface area contributed by atoms with E-state index in [1.54, 1.807) is 6.20 Å². The van der Waals surface area contributed by atoms with E-state index in [0.717, 1.165) is 67.5 Å². The van der Waals surface area contributed by atoms with Crippen LogP contribution in [0.4, 0.5) is 11.6 Å². The third kappa shape index (κ3) is 5.33. The first-order valence-corrected chi connectivity index (χ1v) is 12.1. The highest BCUT2D eigenvalue weighted by Gasteiger charge is 2.15. The zero-order chi connectivity index (χ0) is 23.3. The van der Waals surface area contributed by atoms with E-state index in [4.69, 9.17) is 16.3 Å². The van der Waals surface area contributed by atoms with Gasteiger partial charge in [-0.3, -0.25) is 4.90 Å². The van der Waals surface area contributed by atoms with Gasteiger partial charge in [0.05, 0.1) is 17.4 Å². The second-order valence-corrected chi connectivity index (χ2v) is 8.86. The first-order valence-electron chi connectivity index (χ1n) is 11.7. The van der Waals surface area contributed by atoms with Crippen LogP contribution in [-0.4, -0.2) is 70.3 Å². The molecule has 2 aromatic heterocycles. The molecule has 7 nitrogen and oxygen atoms in total. The van der Waals surface area contributed by atoms with E-state index in [0.29, 0.717) is 17.6 Å². The number of hydrogen-bond acceptors (Lipinski definition) is 6. The predicted octanol–water partition coefficient (Wildman–Crippen LogP) is 4.81. The topological polar surface area (TPSA) is 57.9 Å². The predicted molar refractivity (Wildman–Crippen MR) is 137 cm³/mol. The van der Waals surface area contributed by atoms with Crippen LogP contribution in [-0.2, 0) is 0 Å². The summed E-state index contributed by atoms with van der Waals surface area (Å²) in [5, 5.41) is 8.66. The quantitative estimate of drug-likeness (QED) is 0.394. The molecule has 3 heterocycles. The highest BCUT2D eigenvalue weighted by atomic mass is 35.5. The molecule has 0 spiro atoms. The number of aromatic nitrogens is 3. The van der Waals surface area contributed by atoms with Crippen LogP contribution in [0.1, 0.15) is 6.92 Å². The van der Waals surface area contributed by atoms with Crippen molar-refractivity contribution >= 4 is 28.8 Å². The van der Waals surface area contributed by atoms with E-state index < -0.39 is 0 Å². The van der Waals surface area contributed by atoms with E-state index in [1.807, 2.05) is 65.2 Å². The smallest absolute Gasteiger partial charge is 0.245 e. The maximum atomic E-state index is 6.18. The molecule has 1 N–H and O–H groups in total. The summed E-state index contributed by atoms with van der Waals surface area (Å²) in [4.78, 5) is 9.40. The summed E-state index contributed by atoms with van der Waals surface area (Å²) in [5.41, 5.74) is 3.79. The Morgan fingerprint density at radius 2 is 1.76 bits per heavy atom. The van der Waals surface area contributed by atoms with Gasteiger partial charge in [0.25, 0.3) is 0 Å². The minimum absolute atomic E-state index is 0.520. The van der Waals surface area contributed by atoms with Crippen LogP contribution < -0.4 is 10.1 Å².